The van der Waals surface area contributed by atoms with Crippen molar-refractivity contribution in [2.24, 2.45) is 5.92 Å². The molecule has 0 radical (unpaired) electrons. The maximum atomic E-state index is 12.4. The van der Waals surface area contributed by atoms with E-state index in [9.17, 15) is 4.79 Å². The van der Waals surface area contributed by atoms with Crippen molar-refractivity contribution in [1.82, 2.24) is 20.1 Å². The highest BCUT2D eigenvalue weighted by Gasteiger charge is 2.31. The van der Waals surface area contributed by atoms with E-state index in [1.165, 1.54) is 43.9 Å². The van der Waals surface area contributed by atoms with Crippen molar-refractivity contribution in [3.05, 3.63) is 17.5 Å². The van der Waals surface area contributed by atoms with Gasteiger partial charge in [-0.25, -0.2) is 0 Å². The second-order valence-corrected chi connectivity index (χ2v) is 9.00. The van der Waals surface area contributed by atoms with Crippen molar-refractivity contribution in [1.29, 1.82) is 0 Å². The largest absolute Gasteiger partial charge is 0.352 e. The van der Waals surface area contributed by atoms with Gasteiger partial charge in [0.25, 0.3) is 0 Å². The second-order valence-electron chi connectivity index (χ2n) is 7.11. The molecule has 2 heterocycles. The van der Waals surface area contributed by atoms with E-state index in [4.69, 9.17) is 0 Å². The molecule has 2 aliphatic carbocycles. The predicted molar refractivity (Wildman–Crippen MR) is 102 cm³/mol. The molecule has 0 unspecified atom stereocenters. The average Bonchev–Trinajstić information content (AvgIpc) is 3.13. The number of carbonyl (C=O) groups is 1. The Bertz CT molecular complexity index is 724. The molecule has 1 amide bonds. The van der Waals surface area contributed by atoms with Crippen LogP contribution in [0, 0.1) is 5.92 Å². The molecule has 2 fully saturated rings. The molecule has 134 valence electrons. The van der Waals surface area contributed by atoms with Crippen LogP contribution in [0.5, 0.6) is 0 Å². The van der Waals surface area contributed by atoms with Crippen molar-refractivity contribution < 1.29 is 4.79 Å². The summed E-state index contributed by atoms with van der Waals surface area (Å²) in [7, 11) is 0. The molecule has 2 atom stereocenters. The Kier molecular flexibility index (Phi) is 5.12. The molecule has 1 N–H and O–H groups in total. The lowest BCUT2D eigenvalue weighted by atomic mass is 9.86. The van der Waals surface area contributed by atoms with Crippen LogP contribution in [-0.2, 0) is 4.79 Å². The van der Waals surface area contributed by atoms with E-state index < -0.39 is 0 Å². The van der Waals surface area contributed by atoms with Crippen molar-refractivity contribution in [3.8, 4) is 10.7 Å². The first-order valence-electron chi connectivity index (χ1n) is 9.13. The van der Waals surface area contributed by atoms with E-state index >= 15 is 0 Å². The number of rotatable bonds is 6. The standard InChI is InChI=1S/C18H24N4OS2/c1-12-5-2-3-6-14(12)19-16(23)11-25-18-21-20-17(15-7-4-10-24-15)22(18)13-8-9-13/h4,7,10,12-14H,2-3,5-6,8-9,11H2,1H3,(H,19,23)/t12-,14+/m1/s1. The van der Waals surface area contributed by atoms with Crippen LogP contribution in [0.15, 0.2) is 22.7 Å². The first-order chi connectivity index (χ1) is 12.2. The number of aromatic nitrogens is 3. The van der Waals surface area contributed by atoms with Gasteiger partial charge in [-0.05, 0) is 43.0 Å². The topological polar surface area (TPSA) is 59.8 Å². The molecule has 0 aliphatic heterocycles. The number of hydrogen-bond donors (Lipinski definition) is 1. The van der Waals surface area contributed by atoms with E-state index in [0.717, 1.165) is 22.3 Å². The number of nitrogens with one attached hydrogen (secondary N) is 1. The van der Waals surface area contributed by atoms with Gasteiger partial charge in [-0.2, -0.15) is 0 Å². The molecule has 0 aromatic carbocycles. The summed E-state index contributed by atoms with van der Waals surface area (Å²) < 4.78 is 2.23. The number of nitrogens with zero attached hydrogens (tertiary/aromatic N) is 3. The Morgan fingerprint density at radius 3 is 2.88 bits per heavy atom. The summed E-state index contributed by atoms with van der Waals surface area (Å²) in [5.41, 5.74) is 0. The minimum absolute atomic E-state index is 0.117. The average molecular weight is 377 g/mol. The maximum Gasteiger partial charge on any atom is 0.230 e. The molecule has 2 aliphatic rings. The summed E-state index contributed by atoms with van der Waals surface area (Å²) in [6.07, 6.45) is 7.20. The Morgan fingerprint density at radius 2 is 2.16 bits per heavy atom. The Morgan fingerprint density at radius 1 is 1.32 bits per heavy atom. The summed E-state index contributed by atoms with van der Waals surface area (Å²) in [6.45, 7) is 2.24. The van der Waals surface area contributed by atoms with E-state index in [2.05, 4.69) is 38.5 Å². The van der Waals surface area contributed by atoms with Crippen LogP contribution in [0.3, 0.4) is 0 Å². The highest BCUT2D eigenvalue weighted by Crippen LogP contribution is 2.41. The monoisotopic (exact) mass is 376 g/mol. The molecule has 2 aromatic heterocycles. The number of thiophene rings is 1. The Labute approximate surface area is 156 Å². The summed E-state index contributed by atoms with van der Waals surface area (Å²) >= 11 is 3.20. The maximum absolute atomic E-state index is 12.4. The van der Waals surface area contributed by atoms with E-state index in [1.54, 1.807) is 11.3 Å². The smallest absolute Gasteiger partial charge is 0.230 e. The van der Waals surface area contributed by atoms with Crippen LogP contribution >= 0.6 is 23.1 Å². The first-order valence-corrected chi connectivity index (χ1v) is 11.0. The predicted octanol–water partition coefficient (Wildman–Crippen LogP) is 4.13. The lowest BCUT2D eigenvalue weighted by Gasteiger charge is -2.29. The number of amides is 1. The van der Waals surface area contributed by atoms with Gasteiger partial charge >= 0.3 is 0 Å². The minimum Gasteiger partial charge on any atom is -0.352 e. The normalized spacial score (nSPS) is 23.6. The SMILES string of the molecule is C[C@@H]1CCCC[C@@H]1NC(=O)CSc1nnc(-c2cccs2)n1C1CC1. The van der Waals surface area contributed by atoms with Gasteiger partial charge in [-0.3, -0.25) is 9.36 Å². The van der Waals surface area contributed by atoms with Crippen molar-refractivity contribution in [2.75, 3.05) is 5.75 Å². The van der Waals surface area contributed by atoms with Gasteiger partial charge in [0.1, 0.15) is 0 Å². The molecule has 2 aromatic rings. The lowest BCUT2D eigenvalue weighted by Crippen LogP contribution is -2.41. The highest BCUT2D eigenvalue weighted by molar-refractivity contribution is 7.99. The summed E-state index contributed by atoms with van der Waals surface area (Å²) in [6, 6.07) is 4.96. The fourth-order valence-electron chi connectivity index (χ4n) is 3.52. The zero-order valence-electron chi connectivity index (χ0n) is 14.5. The van der Waals surface area contributed by atoms with Crippen LogP contribution < -0.4 is 5.32 Å². The summed E-state index contributed by atoms with van der Waals surface area (Å²) in [5.74, 6) is 2.06. The third kappa shape index (κ3) is 3.92. The van der Waals surface area contributed by atoms with Crippen molar-refractivity contribution in [2.45, 2.75) is 62.7 Å². The van der Waals surface area contributed by atoms with E-state index in [0.29, 0.717) is 23.8 Å². The zero-order chi connectivity index (χ0) is 17.2. The fraction of sp³-hybridized carbons (Fsp3) is 0.611. The number of thioether (sulfide) groups is 1. The molecule has 2 saturated carbocycles. The Hall–Kier alpha value is -1.34. The summed E-state index contributed by atoms with van der Waals surface area (Å²) in [5, 5.41) is 14.9. The first kappa shape index (κ1) is 17.1. The molecule has 25 heavy (non-hydrogen) atoms. The third-order valence-electron chi connectivity index (χ3n) is 5.11. The van der Waals surface area contributed by atoms with Crippen LogP contribution in [0.2, 0.25) is 0 Å². The lowest BCUT2D eigenvalue weighted by molar-refractivity contribution is -0.119. The van der Waals surface area contributed by atoms with Crippen LogP contribution in [0.4, 0.5) is 0 Å². The van der Waals surface area contributed by atoms with Gasteiger partial charge in [0, 0.05) is 12.1 Å². The zero-order valence-corrected chi connectivity index (χ0v) is 16.1. The minimum atomic E-state index is 0.117. The molecule has 7 heteroatoms. The number of carbonyl (C=O) groups excluding carboxylic acids is 1. The number of hydrogen-bond acceptors (Lipinski definition) is 5. The van der Waals surface area contributed by atoms with Gasteiger partial charge in [0.05, 0.1) is 10.6 Å². The van der Waals surface area contributed by atoms with Gasteiger partial charge < -0.3 is 5.32 Å². The van der Waals surface area contributed by atoms with Gasteiger partial charge in [-0.1, -0.05) is 37.6 Å². The molecule has 0 bridgehead atoms. The van der Waals surface area contributed by atoms with Crippen LogP contribution in [0.25, 0.3) is 10.7 Å². The van der Waals surface area contributed by atoms with Crippen LogP contribution in [-0.4, -0.2) is 32.5 Å². The molecule has 0 spiro atoms. The van der Waals surface area contributed by atoms with E-state index in [1.807, 2.05) is 6.07 Å². The second kappa shape index (κ2) is 7.50. The van der Waals surface area contributed by atoms with Crippen LogP contribution in [0.1, 0.15) is 51.5 Å². The molecule has 4 rings (SSSR count). The molecular weight excluding hydrogens is 352 g/mol. The highest BCUT2D eigenvalue weighted by atomic mass is 32.2. The third-order valence-corrected chi connectivity index (χ3v) is 6.92. The van der Waals surface area contributed by atoms with Gasteiger partial charge in [-0.15, -0.1) is 21.5 Å². The Balaban J connectivity index is 1.40. The van der Waals surface area contributed by atoms with E-state index in [-0.39, 0.29) is 5.91 Å². The molecule has 5 nitrogen and oxygen atoms in total. The van der Waals surface area contributed by atoms with Crippen molar-refractivity contribution >= 4 is 29.0 Å². The summed E-state index contributed by atoms with van der Waals surface area (Å²) in [4.78, 5) is 13.5. The van der Waals surface area contributed by atoms with Gasteiger partial charge in [0.15, 0.2) is 11.0 Å². The van der Waals surface area contributed by atoms with Crippen molar-refractivity contribution in [3.63, 3.8) is 0 Å². The van der Waals surface area contributed by atoms with Gasteiger partial charge in [0.2, 0.25) is 5.91 Å². The fourth-order valence-corrected chi connectivity index (χ4v) is 5.04. The molecular formula is C18H24N4OS2. The quantitative estimate of drug-likeness (QED) is 0.770. The molecule has 0 saturated heterocycles.